The van der Waals surface area contributed by atoms with Crippen molar-refractivity contribution in [2.24, 2.45) is 0 Å². The maximum atomic E-state index is 12.3. The third kappa shape index (κ3) is 4.63. The zero-order valence-corrected chi connectivity index (χ0v) is 15.0. The van der Waals surface area contributed by atoms with Crippen molar-refractivity contribution in [3.05, 3.63) is 53.6 Å². The van der Waals surface area contributed by atoms with Gasteiger partial charge in [-0.1, -0.05) is 6.92 Å². The van der Waals surface area contributed by atoms with Gasteiger partial charge in [-0.2, -0.15) is 0 Å². The molecule has 2 aromatic rings. The molecule has 0 spiro atoms. The van der Waals surface area contributed by atoms with Gasteiger partial charge in [0.25, 0.3) is 0 Å². The number of fused-ring (bicyclic) bond motifs is 1. The molecule has 3 rings (SSSR count). The number of hydrogen-bond acceptors (Lipinski definition) is 4. The van der Waals surface area contributed by atoms with E-state index in [-0.39, 0.29) is 11.7 Å². The van der Waals surface area contributed by atoms with Crippen LogP contribution in [0.5, 0.6) is 5.75 Å². The standard InChI is InChI=1S/C21H24N2O3/c1-2-13-26-18-7-3-15(4-8-18)20(24)11-12-22-17-6-9-19-16(14-17)5-10-21(25)23-19/h3-4,6-9,14,22H,2,5,10-13H2,1H3,(H,23,25). The third-order valence-electron chi connectivity index (χ3n) is 4.33. The molecule has 136 valence electrons. The van der Waals surface area contributed by atoms with Gasteiger partial charge in [-0.05, 0) is 60.9 Å². The Balaban J connectivity index is 1.50. The molecule has 0 bridgehead atoms. The average molecular weight is 352 g/mol. The topological polar surface area (TPSA) is 67.4 Å². The number of hydrogen-bond donors (Lipinski definition) is 2. The second-order valence-electron chi connectivity index (χ2n) is 6.39. The summed E-state index contributed by atoms with van der Waals surface area (Å²) in [6.45, 7) is 3.31. The largest absolute Gasteiger partial charge is 0.494 e. The molecule has 26 heavy (non-hydrogen) atoms. The fourth-order valence-electron chi connectivity index (χ4n) is 2.92. The minimum Gasteiger partial charge on any atom is -0.494 e. The predicted molar refractivity (Wildman–Crippen MR) is 103 cm³/mol. The summed E-state index contributed by atoms with van der Waals surface area (Å²) in [6.07, 6.45) is 2.65. The highest BCUT2D eigenvalue weighted by Crippen LogP contribution is 2.25. The number of aryl methyl sites for hydroxylation is 1. The molecule has 0 aliphatic carbocycles. The van der Waals surface area contributed by atoms with E-state index in [1.807, 2.05) is 42.5 Å². The van der Waals surface area contributed by atoms with Crippen molar-refractivity contribution in [2.75, 3.05) is 23.8 Å². The van der Waals surface area contributed by atoms with Crippen molar-refractivity contribution in [1.29, 1.82) is 0 Å². The minimum absolute atomic E-state index is 0.0647. The number of benzene rings is 2. The highest BCUT2D eigenvalue weighted by atomic mass is 16.5. The summed E-state index contributed by atoms with van der Waals surface area (Å²) in [7, 11) is 0. The summed E-state index contributed by atoms with van der Waals surface area (Å²) in [5.74, 6) is 0.961. The molecule has 0 saturated heterocycles. The lowest BCUT2D eigenvalue weighted by molar-refractivity contribution is -0.116. The van der Waals surface area contributed by atoms with E-state index in [9.17, 15) is 9.59 Å². The van der Waals surface area contributed by atoms with Crippen molar-refractivity contribution in [3.8, 4) is 5.75 Å². The van der Waals surface area contributed by atoms with Crippen LogP contribution in [0.1, 0.15) is 42.1 Å². The summed E-state index contributed by atoms with van der Waals surface area (Å²) in [4.78, 5) is 23.7. The van der Waals surface area contributed by atoms with Crippen molar-refractivity contribution in [3.63, 3.8) is 0 Å². The molecular formula is C21H24N2O3. The molecule has 5 heteroatoms. The fraction of sp³-hybridized carbons (Fsp3) is 0.333. The summed E-state index contributed by atoms with van der Waals surface area (Å²) in [5, 5.41) is 6.16. The molecule has 0 fully saturated rings. The number of anilines is 2. The van der Waals surface area contributed by atoms with Crippen molar-refractivity contribution >= 4 is 23.1 Å². The van der Waals surface area contributed by atoms with E-state index in [1.165, 1.54) is 0 Å². The zero-order chi connectivity index (χ0) is 18.4. The van der Waals surface area contributed by atoms with Crippen LogP contribution in [-0.4, -0.2) is 24.8 Å². The minimum atomic E-state index is 0.0647. The number of Topliss-reactive ketones (excluding diaryl/α,β-unsaturated/α-hetero) is 1. The van der Waals surface area contributed by atoms with E-state index < -0.39 is 0 Å². The van der Waals surface area contributed by atoms with E-state index in [0.29, 0.717) is 31.6 Å². The Morgan fingerprint density at radius 1 is 1.15 bits per heavy atom. The lowest BCUT2D eigenvalue weighted by Gasteiger charge is -2.18. The van der Waals surface area contributed by atoms with Crippen LogP contribution < -0.4 is 15.4 Å². The molecular weight excluding hydrogens is 328 g/mol. The molecule has 2 N–H and O–H groups in total. The summed E-state index contributed by atoms with van der Waals surface area (Å²) >= 11 is 0. The predicted octanol–water partition coefficient (Wildman–Crippen LogP) is 4.05. The monoisotopic (exact) mass is 352 g/mol. The summed E-state index contributed by atoms with van der Waals surface area (Å²) < 4.78 is 5.53. The van der Waals surface area contributed by atoms with Crippen LogP contribution >= 0.6 is 0 Å². The lowest BCUT2D eigenvalue weighted by atomic mass is 10.0. The Hall–Kier alpha value is -2.82. The highest BCUT2D eigenvalue weighted by Gasteiger charge is 2.14. The number of nitrogens with one attached hydrogen (secondary N) is 2. The number of ketones is 1. The number of amides is 1. The molecule has 1 amide bonds. The Morgan fingerprint density at radius 2 is 1.96 bits per heavy atom. The van der Waals surface area contributed by atoms with Gasteiger partial charge in [0.05, 0.1) is 6.61 Å². The van der Waals surface area contributed by atoms with Crippen molar-refractivity contribution < 1.29 is 14.3 Å². The maximum Gasteiger partial charge on any atom is 0.224 e. The zero-order valence-electron chi connectivity index (χ0n) is 15.0. The quantitative estimate of drug-likeness (QED) is 0.704. The van der Waals surface area contributed by atoms with Crippen LogP contribution in [0.3, 0.4) is 0 Å². The first kappa shape index (κ1) is 18.0. The SMILES string of the molecule is CCCOc1ccc(C(=O)CCNc2ccc3c(c2)CCC(=O)N3)cc1. The van der Waals surface area contributed by atoms with E-state index in [1.54, 1.807) is 0 Å². The molecule has 5 nitrogen and oxygen atoms in total. The summed E-state index contributed by atoms with van der Waals surface area (Å²) in [6, 6.07) is 13.2. The van der Waals surface area contributed by atoms with Gasteiger partial charge < -0.3 is 15.4 Å². The van der Waals surface area contributed by atoms with Gasteiger partial charge in [0.15, 0.2) is 5.78 Å². The molecule has 0 atom stereocenters. The van der Waals surface area contributed by atoms with E-state index in [0.717, 1.165) is 35.5 Å². The van der Waals surface area contributed by atoms with E-state index in [4.69, 9.17) is 4.74 Å². The number of carbonyl (C=O) groups is 2. The van der Waals surface area contributed by atoms with Crippen LogP contribution in [0.4, 0.5) is 11.4 Å². The first-order chi connectivity index (χ1) is 12.7. The van der Waals surface area contributed by atoms with Gasteiger partial charge in [-0.3, -0.25) is 9.59 Å². The fourth-order valence-corrected chi connectivity index (χ4v) is 2.92. The van der Waals surface area contributed by atoms with Crippen molar-refractivity contribution in [1.82, 2.24) is 0 Å². The lowest BCUT2D eigenvalue weighted by Crippen LogP contribution is -2.19. The smallest absolute Gasteiger partial charge is 0.224 e. The summed E-state index contributed by atoms with van der Waals surface area (Å²) in [5.41, 5.74) is 3.68. The number of rotatable bonds is 8. The third-order valence-corrected chi connectivity index (χ3v) is 4.33. The molecule has 0 radical (unpaired) electrons. The Kier molecular flexibility index (Phi) is 5.89. The van der Waals surface area contributed by atoms with Gasteiger partial charge >= 0.3 is 0 Å². The number of carbonyl (C=O) groups excluding carboxylic acids is 2. The highest BCUT2D eigenvalue weighted by molar-refractivity contribution is 5.96. The van der Waals surface area contributed by atoms with Gasteiger partial charge in [0.1, 0.15) is 5.75 Å². The van der Waals surface area contributed by atoms with Gasteiger partial charge in [-0.15, -0.1) is 0 Å². The Labute approximate surface area is 153 Å². The van der Waals surface area contributed by atoms with Crippen LogP contribution in [0, 0.1) is 0 Å². The van der Waals surface area contributed by atoms with Gasteiger partial charge in [-0.25, -0.2) is 0 Å². The maximum absolute atomic E-state index is 12.3. The first-order valence-electron chi connectivity index (χ1n) is 9.08. The molecule has 1 heterocycles. The molecule has 0 saturated carbocycles. The Morgan fingerprint density at radius 3 is 2.73 bits per heavy atom. The van der Waals surface area contributed by atoms with Crippen LogP contribution in [0.2, 0.25) is 0 Å². The average Bonchev–Trinajstić information content (AvgIpc) is 2.66. The second kappa shape index (κ2) is 8.52. The van der Waals surface area contributed by atoms with Gasteiger partial charge in [0.2, 0.25) is 5.91 Å². The van der Waals surface area contributed by atoms with E-state index in [2.05, 4.69) is 17.6 Å². The second-order valence-corrected chi connectivity index (χ2v) is 6.39. The van der Waals surface area contributed by atoms with Crippen LogP contribution in [0.15, 0.2) is 42.5 Å². The van der Waals surface area contributed by atoms with Crippen LogP contribution in [0.25, 0.3) is 0 Å². The molecule has 2 aromatic carbocycles. The molecule has 0 unspecified atom stereocenters. The van der Waals surface area contributed by atoms with Crippen molar-refractivity contribution in [2.45, 2.75) is 32.6 Å². The van der Waals surface area contributed by atoms with Crippen LogP contribution in [-0.2, 0) is 11.2 Å². The Bertz CT molecular complexity index is 784. The molecule has 1 aliphatic rings. The van der Waals surface area contributed by atoms with Gasteiger partial charge in [0, 0.05) is 36.3 Å². The normalized spacial score (nSPS) is 12.9. The molecule has 0 aromatic heterocycles. The van der Waals surface area contributed by atoms with E-state index >= 15 is 0 Å². The number of ether oxygens (including phenoxy) is 1. The first-order valence-corrected chi connectivity index (χ1v) is 9.08. The molecule has 1 aliphatic heterocycles.